The van der Waals surface area contributed by atoms with Gasteiger partial charge in [-0.3, -0.25) is 0 Å². The van der Waals surface area contributed by atoms with Gasteiger partial charge in [-0.1, -0.05) is 231 Å². The van der Waals surface area contributed by atoms with Gasteiger partial charge in [-0.15, -0.1) is 0 Å². The van der Waals surface area contributed by atoms with Crippen LogP contribution >= 0.6 is 0 Å². The van der Waals surface area contributed by atoms with Crippen molar-refractivity contribution in [3.63, 3.8) is 0 Å². The molecule has 0 radical (unpaired) electrons. The molecule has 24 nitrogen and oxygen atoms in total. The lowest BCUT2D eigenvalue weighted by molar-refractivity contribution is -0.172. The second-order valence-corrected chi connectivity index (χ2v) is 39.6. The minimum absolute atomic E-state index is 0.00782. The molecule has 13 atom stereocenters. The van der Waals surface area contributed by atoms with E-state index in [0.717, 1.165) is 211 Å². The van der Waals surface area contributed by atoms with Crippen LogP contribution in [0.2, 0.25) is 0 Å². The molecule has 7 fully saturated rings. The van der Waals surface area contributed by atoms with E-state index >= 15 is 0 Å². The quantitative estimate of drug-likeness (QED) is 0.0184. The van der Waals surface area contributed by atoms with Gasteiger partial charge >= 0.3 is 30.3 Å². The number of hydrogen-bond acceptors (Lipinski definition) is 16. The molecule has 7 aliphatic rings. The van der Waals surface area contributed by atoms with Crippen molar-refractivity contribution in [1.29, 1.82) is 0 Å². The Hall–Kier alpha value is -6.73. The van der Waals surface area contributed by atoms with Crippen LogP contribution in [0.1, 0.15) is 287 Å². The summed E-state index contributed by atoms with van der Waals surface area (Å²) in [7, 11) is 5.35. The highest BCUT2D eigenvalue weighted by Crippen LogP contribution is 2.44. The minimum Gasteiger partial charge on any atom is -0.385 e. The monoisotopic (exact) mass is 1890 g/mol. The average Bonchev–Trinajstić information content (AvgIpc) is 0.795. The zero-order valence-corrected chi connectivity index (χ0v) is 83.8. The molecule has 3 saturated carbocycles. The molecular formula is C108H179F3N12O12. The second-order valence-electron chi connectivity index (χ2n) is 39.6. The molecule has 11 rings (SSSR count). The van der Waals surface area contributed by atoms with Crippen molar-refractivity contribution in [2.45, 2.75) is 306 Å². The highest BCUT2D eigenvalue weighted by atomic mass is 19.4. The number of nitrogens with zero attached hydrogens (tertiary/aromatic N) is 4. The molecule has 27 heteroatoms. The van der Waals surface area contributed by atoms with Crippen LogP contribution in [-0.2, 0) is 39.6 Å². The van der Waals surface area contributed by atoms with E-state index in [1.807, 2.05) is 108 Å². The third kappa shape index (κ3) is 40.4. The number of carbonyl (C=O) groups is 4. The molecule has 4 heterocycles. The summed E-state index contributed by atoms with van der Waals surface area (Å²) in [6.07, 6.45) is 32.2. The topological polar surface area (TPSA) is 301 Å². The molecule has 3 aliphatic carbocycles. The number of hydrogen-bond donors (Lipinski definition) is 10. The van der Waals surface area contributed by atoms with Crippen LogP contribution in [0, 0.1) is 47.3 Å². The van der Waals surface area contributed by atoms with Crippen molar-refractivity contribution in [2.75, 3.05) is 159 Å². The van der Waals surface area contributed by atoms with Crippen molar-refractivity contribution in [1.82, 2.24) is 51.5 Å². The number of alkyl halides is 3. The number of halogens is 3. The fraction of sp³-hybridized carbons (Fsp3) is 0.741. The highest BCUT2D eigenvalue weighted by Gasteiger charge is 2.45. The first kappa shape index (κ1) is 114. The van der Waals surface area contributed by atoms with E-state index in [9.17, 15) is 42.6 Å². The van der Waals surface area contributed by atoms with E-state index in [4.69, 9.17) is 39.9 Å². The smallest absolute Gasteiger partial charge is 0.385 e. The summed E-state index contributed by atoms with van der Waals surface area (Å²) in [5.41, 5.74) is 13.8. The van der Waals surface area contributed by atoms with Crippen LogP contribution in [0.5, 0.6) is 0 Å². The van der Waals surface area contributed by atoms with Gasteiger partial charge in [0.15, 0.2) is 0 Å². The molecule has 4 saturated heterocycles. The highest BCUT2D eigenvalue weighted by molar-refractivity contribution is 5.76. The van der Waals surface area contributed by atoms with Crippen molar-refractivity contribution in [2.24, 2.45) is 58.8 Å². The van der Waals surface area contributed by atoms with Crippen LogP contribution in [0.25, 0.3) is 0 Å². The summed E-state index contributed by atoms with van der Waals surface area (Å²) in [6, 6.07) is 39.9. The summed E-state index contributed by atoms with van der Waals surface area (Å²) >= 11 is 0. The minimum atomic E-state index is -4.33. The van der Waals surface area contributed by atoms with Crippen LogP contribution < -0.4 is 43.4 Å². The lowest BCUT2D eigenvalue weighted by Gasteiger charge is -2.43. The van der Waals surface area contributed by atoms with E-state index in [1.54, 1.807) is 19.1 Å². The molecule has 135 heavy (non-hydrogen) atoms. The van der Waals surface area contributed by atoms with Gasteiger partial charge in [0.05, 0.1) is 29.3 Å². The van der Waals surface area contributed by atoms with E-state index in [2.05, 4.69) is 87.4 Å². The first-order chi connectivity index (χ1) is 65.6. The van der Waals surface area contributed by atoms with Gasteiger partial charge in [0.1, 0.15) is 0 Å². The van der Waals surface area contributed by atoms with Crippen molar-refractivity contribution in [3.8, 4) is 0 Å². The van der Waals surface area contributed by atoms with Crippen molar-refractivity contribution >= 4 is 24.1 Å². The molecule has 764 valence electrons. The van der Waals surface area contributed by atoms with Crippen LogP contribution in [0.4, 0.5) is 32.3 Å². The molecule has 0 spiro atoms. The Labute approximate surface area is 810 Å². The van der Waals surface area contributed by atoms with Gasteiger partial charge in [-0.05, 0) is 196 Å². The zero-order valence-electron chi connectivity index (χ0n) is 83.8. The molecule has 0 bridgehead atoms. The number of ether oxygens (including phenoxy) is 6. The lowest BCUT2D eigenvalue weighted by Crippen LogP contribution is -2.54. The summed E-state index contributed by atoms with van der Waals surface area (Å²) in [5.74, 6) is 1.03. The maximum Gasteiger partial charge on any atom is 0.391 e. The molecule has 4 aliphatic heterocycles. The number of benzene rings is 4. The van der Waals surface area contributed by atoms with Gasteiger partial charge in [0.25, 0.3) is 0 Å². The zero-order chi connectivity index (χ0) is 96.7. The average molecular weight is 1890 g/mol. The largest absolute Gasteiger partial charge is 0.391 e. The van der Waals surface area contributed by atoms with Crippen LogP contribution in [0.3, 0.4) is 0 Å². The SMILES string of the molecule is CCNC[C@H](CC1CCCCC1)NC(=O)N1CCC[C@@H]([C@@H](OCCCOC)c2ccccc2)C1.CCOCCCC[C@@](O)(c1ccccc1)[C@@H]1CCCN(C(=O)N[C@H](CN)CC2CCCCC2)C1.CCOCCCO[C@@H](c1ccccc1)[C@@H]1CCCN(C(=O)N[C@H](CNC)CC2CCCCC2)C1.COCCCC[C@@](O)(c1ccccc1)[C@@H]1CCCN(C(=O)N[C@H](CN)CC(C)C(F)(F)F)C1. The molecule has 1 unspecified atom stereocenters. The predicted molar refractivity (Wildman–Crippen MR) is 535 cm³/mol. The molecule has 8 amide bonds. The van der Waals surface area contributed by atoms with E-state index in [-0.39, 0.29) is 73.2 Å². The Morgan fingerprint density at radius 3 is 1.16 bits per heavy atom. The third-order valence-corrected chi connectivity index (χ3v) is 29.3. The number of urea groups is 4. The molecule has 4 aromatic rings. The fourth-order valence-corrected chi connectivity index (χ4v) is 21.7. The Morgan fingerprint density at radius 1 is 0.422 bits per heavy atom. The third-order valence-electron chi connectivity index (χ3n) is 29.3. The summed E-state index contributed by atoms with van der Waals surface area (Å²) in [6.45, 7) is 21.1. The number of unbranched alkanes of at least 4 members (excludes halogenated alkanes) is 2. The van der Waals surface area contributed by atoms with Gasteiger partial charge in [-0.2, -0.15) is 13.2 Å². The first-order valence-corrected chi connectivity index (χ1v) is 52.7. The number of nitrogens with two attached hydrogens (primary N) is 2. The maximum atomic E-state index is 13.3. The predicted octanol–water partition coefficient (Wildman–Crippen LogP) is 19.1. The maximum absolute atomic E-state index is 13.3. The molecule has 12 N–H and O–H groups in total. The first-order valence-electron chi connectivity index (χ1n) is 52.7. The molecular weight excluding hydrogens is 1710 g/mol. The number of likely N-dealkylation sites (tertiary alicyclic amines) is 4. The van der Waals surface area contributed by atoms with Crippen LogP contribution in [0.15, 0.2) is 121 Å². The van der Waals surface area contributed by atoms with Crippen molar-refractivity contribution in [3.05, 3.63) is 144 Å². The normalized spacial score (nSPS) is 21.3. The Bertz CT molecular complexity index is 3750. The molecule has 0 aromatic heterocycles. The number of rotatable bonds is 49. The second kappa shape index (κ2) is 64.6. The Balaban J connectivity index is 0.000000221. The number of amides is 8. The van der Waals surface area contributed by atoms with E-state index in [1.165, 1.54) is 107 Å². The summed E-state index contributed by atoms with van der Waals surface area (Å²) < 4.78 is 72.9. The standard InChI is InChI=1S/3C28H47N3O3.C24H38F3N3O3/c1-3-29-21-26(20-23-12-6-4-7-13-23)30-28(32)31-17-10-16-25(22-31)27(34-19-11-18-33-2)24-14-8-5-9-15-24;1-3-33-18-11-19-34-27(24-14-8-5-9-15-24)25-16-10-17-31(22-25)28(32)30-26(21-29-2)20-23-12-6-4-7-13-23;1-2-34-19-10-9-17-28(33,24-14-7-4-8-15-24)25-16-11-18-31(22-25)27(32)30-26(21-29)20-23-12-5-3-6-13-23;1-18(24(25,26)27)15-21(16-28)29-22(31)30-13-8-11-20(17-30)23(32,12-6-7-14-33-2)19-9-4-3-5-10-19/h2*5,8-9,14-15,23,25-27,29H,3-4,6-7,10-13,16-22H2,1-2H3,(H,30,32);4,7-8,14-15,23,25-26,33H,2-3,5-6,9-13,16-22,29H2,1H3,(H,30,32);3-5,9-10,18,20-21,32H,6-8,11-17,28H2,1-2H3,(H,29,31)/t2*25-,26+,27+;25-,26+,28-;18?,20-,21+,23-/m1111/s1. The van der Waals surface area contributed by atoms with E-state index in [0.29, 0.717) is 89.6 Å². The summed E-state index contributed by atoms with van der Waals surface area (Å²) in [4.78, 5) is 60.3. The van der Waals surface area contributed by atoms with Gasteiger partial charge < -0.3 is 102 Å². The number of piperidine rings is 4. The van der Waals surface area contributed by atoms with Gasteiger partial charge in [0.2, 0.25) is 0 Å². The Kier molecular flexibility index (Phi) is 54.3. The fourth-order valence-electron chi connectivity index (χ4n) is 21.7. The number of nitrogens with one attached hydrogen (secondary N) is 6. The van der Waals surface area contributed by atoms with E-state index < -0.39 is 35.4 Å². The van der Waals surface area contributed by atoms with Gasteiger partial charge in [-0.25, -0.2) is 19.2 Å². The number of aliphatic hydroxyl groups is 2. The van der Waals surface area contributed by atoms with Crippen LogP contribution in [-0.4, -0.2) is 243 Å². The molecule has 4 aromatic carbocycles. The van der Waals surface area contributed by atoms with Crippen molar-refractivity contribution < 1.29 is 71.0 Å². The number of carbonyl (C=O) groups excluding carboxylic acids is 4. The van der Waals surface area contributed by atoms with Gasteiger partial charge in [0, 0.05) is 193 Å². The number of likely N-dealkylation sites (N-methyl/N-ethyl adjacent to an activating group) is 2. The lowest BCUT2D eigenvalue weighted by atomic mass is 9.74. The Morgan fingerprint density at radius 2 is 0.770 bits per heavy atom. The number of methoxy groups -OCH3 is 2. The summed E-state index contributed by atoms with van der Waals surface area (Å²) in [5, 5.41) is 43.2.